The molecule has 0 spiro atoms. The Morgan fingerprint density at radius 2 is 1.68 bits per heavy atom. The number of sulfonamides is 1. The number of anilines is 1. The van der Waals surface area contributed by atoms with Crippen LogP contribution in [-0.4, -0.2) is 13.3 Å². The third-order valence-corrected chi connectivity index (χ3v) is 5.71. The van der Waals surface area contributed by atoms with E-state index in [0.29, 0.717) is 11.1 Å². The Kier molecular flexibility index (Phi) is 5.27. The number of aryl methyl sites for hydroxylation is 1. The number of hydrogen-bond acceptors (Lipinski definition) is 6. The Labute approximate surface area is 160 Å². The van der Waals surface area contributed by atoms with E-state index in [2.05, 4.69) is 0 Å². The molecule has 3 rings (SSSR count). The summed E-state index contributed by atoms with van der Waals surface area (Å²) in [5.74, 6) is -0.132. The van der Waals surface area contributed by atoms with Gasteiger partial charge in [0.2, 0.25) is 5.88 Å². The fraction of sp³-hybridized carbons (Fsp3) is 0.105. The molecule has 9 heteroatoms. The van der Waals surface area contributed by atoms with Crippen molar-refractivity contribution in [3.63, 3.8) is 0 Å². The van der Waals surface area contributed by atoms with Crippen molar-refractivity contribution < 1.29 is 17.8 Å². The highest BCUT2D eigenvalue weighted by Gasteiger charge is 2.28. The molecule has 0 saturated carbocycles. The highest BCUT2D eigenvalue weighted by molar-refractivity contribution is 7.92. The molecular formula is C19H16N2O6S. The Bertz CT molecular complexity index is 1160. The van der Waals surface area contributed by atoms with E-state index in [-0.39, 0.29) is 23.0 Å². The number of non-ortho nitro benzene ring substituents is 1. The van der Waals surface area contributed by atoms with Gasteiger partial charge in [-0.15, -0.1) is 0 Å². The molecule has 8 nitrogen and oxygen atoms in total. The molecule has 0 aliphatic rings. The van der Waals surface area contributed by atoms with E-state index in [1.807, 2.05) is 0 Å². The maximum absolute atomic E-state index is 13.2. The molecule has 0 amide bonds. The molecule has 0 aliphatic heterocycles. The van der Waals surface area contributed by atoms with Gasteiger partial charge in [-0.25, -0.2) is 17.5 Å². The predicted octanol–water partition coefficient (Wildman–Crippen LogP) is 3.25. The van der Waals surface area contributed by atoms with Crippen molar-refractivity contribution in [2.75, 3.05) is 4.31 Å². The first kappa shape index (κ1) is 19.3. The lowest BCUT2D eigenvalue weighted by atomic mass is 10.2. The van der Waals surface area contributed by atoms with Gasteiger partial charge in [0.25, 0.3) is 15.7 Å². The molecule has 0 saturated heterocycles. The fourth-order valence-electron chi connectivity index (χ4n) is 2.60. The van der Waals surface area contributed by atoms with E-state index in [0.717, 1.165) is 28.6 Å². The highest BCUT2D eigenvalue weighted by Crippen LogP contribution is 2.27. The van der Waals surface area contributed by atoms with Gasteiger partial charge in [-0.3, -0.25) is 10.1 Å². The zero-order valence-electron chi connectivity index (χ0n) is 14.8. The molecule has 0 radical (unpaired) electrons. The topological polar surface area (TPSA) is 111 Å². The molecule has 1 heterocycles. The monoisotopic (exact) mass is 400 g/mol. The van der Waals surface area contributed by atoms with Crippen LogP contribution >= 0.6 is 0 Å². The molecule has 0 bridgehead atoms. The van der Waals surface area contributed by atoms with Crippen LogP contribution in [-0.2, 0) is 16.6 Å². The van der Waals surface area contributed by atoms with Gasteiger partial charge in [0.1, 0.15) is 0 Å². The molecule has 3 aromatic rings. The Hall–Kier alpha value is -3.46. The van der Waals surface area contributed by atoms with Crippen LogP contribution in [0.3, 0.4) is 0 Å². The van der Waals surface area contributed by atoms with E-state index >= 15 is 0 Å². The number of nitro groups is 1. The minimum atomic E-state index is -4.15. The fourth-order valence-corrected chi connectivity index (χ4v) is 3.99. The van der Waals surface area contributed by atoms with Gasteiger partial charge in [-0.05, 0) is 30.2 Å². The second-order valence-corrected chi connectivity index (χ2v) is 7.90. The molecule has 0 N–H and O–H groups in total. The van der Waals surface area contributed by atoms with Crippen LogP contribution in [0.15, 0.2) is 80.8 Å². The molecular weight excluding hydrogens is 384 g/mol. The molecule has 144 valence electrons. The van der Waals surface area contributed by atoms with Crippen LogP contribution in [0, 0.1) is 17.0 Å². The Morgan fingerprint density at radius 3 is 2.25 bits per heavy atom. The normalized spacial score (nSPS) is 11.2. The van der Waals surface area contributed by atoms with E-state index < -0.39 is 20.6 Å². The van der Waals surface area contributed by atoms with Crippen LogP contribution < -0.4 is 9.93 Å². The number of nitrogens with zero attached hydrogens (tertiary/aromatic N) is 2. The third-order valence-electron chi connectivity index (χ3n) is 3.95. The zero-order valence-corrected chi connectivity index (χ0v) is 15.6. The van der Waals surface area contributed by atoms with Crippen LogP contribution in [0.25, 0.3) is 0 Å². The summed E-state index contributed by atoms with van der Waals surface area (Å²) in [5.41, 5.74) is 0.322. The summed E-state index contributed by atoms with van der Waals surface area (Å²) in [4.78, 5) is 21.8. The lowest BCUT2D eigenvalue weighted by Gasteiger charge is -2.23. The summed E-state index contributed by atoms with van der Waals surface area (Å²) in [6, 6.07) is 16.0. The maximum atomic E-state index is 13.2. The number of hydrogen-bond donors (Lipinski definition) is 0. The van der Waals surface area contributed by atoms with Crippen LogP contribution in [0.1, 0.15) is 11.1 Å². The molecule has 28 heavy (non-hydrogen) atoms. The highest BCUT2D eigenvalue weighted by atomic mass is 32.2. The Morgan fingerprint density at radius 1 is 1.04 bits per heavy atom. The van der Waals surface area contributed by atoms with Gasteiger partial charge in [-0.1, -0.05) is 30.3 Å². The molecule has 0 unspecified atom stereocenters. The summed E-state index contributed by atoms with van der Waals surface area (Å²) in [7, 11) is -4.15. The van der Waals surface area contributed by atoms with Crippen molar-refractivity contribution in [2.24, 2.45) is 0 Å². The second kappa shape index (κ2) is 7.65. The summed E-state index contributed by atoms with van der Waals surface area (Å²) in [6.07, 6.45) is 0. The molecule has 0 aliphatic carbocycles. The van der Waals surface area contributed by atoms with Crippen molar-refractivity contribution in [3.05, 3.63) is 98.4 Å². The van der Waals surface area contributed by atoms with E-state index in [9.17, 15) is 23.3 Å². The quantitative estimate of drug-likeness (QED) is 0.464. The van der Waals surface area contributed by atoms with Crippen LogP contribution in [0.4, 0.5) is 11.6 Å². The standard InChI is InChI=1S/C19H16N2O6S/c1-14-11-18(27-19(22)12-14)20(13-15-5-3-2-4-6-15)28(25,26)17-9-7-16(8-10-17)21(23)24/h2-12H,13H2,1H3. The van der Waals surface area contributed by atoms with Gasteiger partial charge in [0.15, 0.2) is 0 Å². The molecule has 2 aromatic carbocycles. The Balaban J connectivity index is 2.11. The van der Waals surface area contributed by atoms with Gasteiger partial charge in [-0.2, -0.15) is 0 Å². The number of nitro benzene ring substituents is 1. The van der Waals surface area contributed by atoms with Gasteiger partial charge in [0, 0.05) is 24.3 Å². The van der Waals surface area contributed by atoms with Crippen LogP contribution in [0.5, 0.6) is 0 Å². The summed E-state index contributed by atoms with van der Waals surface area (Å²) >= 11 is 0. The average Bonchev–Trinajstić information content (AvgIpc) is 2.66. The maximum Gasteiger partial charge on any atom is 0.337 e. The predicted molar refractivity (Wildman–Crippen MR) is 103 cm³/mol. The largest absolute Gasteiger partial charge is 0.405 e. The lowest BCUT2D eigenvalue weighted by molar-refractivity contribution is -0.384. The summed E-state index contributed by atoms with van der Waals surface area (Å²) in [6.45, 7) is 1.58. The van der Waals surface area contributed by atoms with Crippen LogP contribution in [0.2, 0.25) is 0 Å². The minimum Gasteiger partial charge on any atom is -0.405 e. The molecule has 0 fully saturated rings. The third kappa shape index (κ3) is 4.09. The SMILES string of the molecule is Cc1cc(N(Cc2ccccc2)S(=O)(=O)c2ccc([N+](=O)[O-])cc2)oc(=O)c1. The van der Waals surface area contributed by atoms with E-state index in [1.165, 1.54) is 12.1 Å². The first-order chi connectivity index (χ1) is 13.3. The molecule has 1 aromatic heterocycles. The lowest BCUT2D eigenvalue weighted by Crippen LogP contribution is -2.31. The van der Waals surface area contributed by atoms with Gasteiger partial charge < -0.3 is 4.42 Å². The van der Waals surface area contributed by atoms with Crippen molar-refractivity contribution in [1.82, 2.24) is 0 Å². The second-order valence-electron chi connectivity index (χ2n) is 6.04. The van der Waals surface area contributed by atoms with Crippen molar-refractivity contribution in [1.29, 1.82) is 0 Å². The number of rotatable bonds is 6. The summed E-state index contributed by atoms with van der Waals surface area (Å²) in [5, 5.41) is 10.8. The van der Waals surface area contributed by atoms with E-state index in [4.69, 9.17) is 4.42 Å². The first-order valence-corrected chi connectivity index (χ1v) is 9.64. The molecule has 0 atom stereocenters. The average molecular weight is 400 g/mol. The van der Waals surface area contributed by atoms with Crippen molar-refractivity contribution in [2.45, 2.75) is 18.4 Å². The number of benzene rings is 2. The van der Waals surface area contributed by atoms with Crippen molar-refractivity contribution >= 4 is 21.6 Å². The zero-order chi connectivity index (χ0) is 20.3. The smallest absolute Gasteiger partial charge is 0.337 e. The van der Waals surface area contributed by atoms with Crippen molar-refractivity contribution in [3.8, 4) is 0 Å². The van der Waals surface area contributed by atoms with Gasteiger partial charge in [0.05, 0.1) is 16.4 Å². The minimum absolute atomic E-state index is 0.0768. The summed E-state index contributed by atoms with van der Waals surface area (Å²) < 4.78 is 32.6. The first-order valence-electron chi connectivity index (χ1n) is 8.20. The van der Waals surface area contributed by atoms with Gasteiger partial charge >= 0.3 is 5.63 Å². The van der Waals surface area contributed by atoms with E-state index in [1.54, 1.807) is 37.3 Å².